The summed E-state index contributed by atoms with van der Waals surface area (Å²) >= 11 is 0. The molecular weight excluding hydrogens is 260 g/mol. The lowest BCUT2D eigenvalue weighted by atomic mass is 9.91. The fourth-order valence-electron chi connectivity index (χ4n) is 1.94. The van der Waals surface area contributed by atoms with Crippen molar-refractivity contribution in [3.63, 3.8) is 0 Å². The van der Waals surface area contributed by atoms with E-state index < -0.39 is 11.9 Å². The summed E-state index contributed by atoms with van der Waals surface area (Å²) in [7, 11) is 1.98. The quantitative estimate of drug-likeness (QED) is 0.474. The summed E-state index contributed by atoms with van der Waals surface area (Å²) in [6.07, 6.45) is 2.85. The summed E-state index contributed by atoms with van der Waals surface area (Å²) < 4.78 is 0. The van der Waals surface area contributed by atoms with Crippen LogP contribution in [0.2, 0.25) is 0 Å². The monoisotopic (exact) mass is 288 g/mol. The highest BCUT2D eigenvalue weighted by atomic mass is 16.5. The topological polar surface area (TPSA) is 81.1 Å². The van der Waals surface area contributed by atoms with E-state index in [1.165, 1.54) is 0 Å². The minimum atomic E-state index is -1.03. The molecule has 1 atom stereocenters. The lowest BCUT2D eigenvalue weighted by Gasteiger charge is -2.38. The molecule has 2 N–H and O–H groups in total. The van der Waals surface area contributed by atoms with Crippen molar-refractivity contribution in [3.05, 3.63) is 0 Å². The van der Waals surface area contributed by atoms with E-state index in [2.05, 4.69) is 11.8 Å². The molecule has 0 aromatic heterocycles. The highest BCUT2D eigenvalue weighted by Crippen LogP contribution is 2.23. The van der Waals surface area contributed by atoms with Crippen LogP contribution in [0.25, 0.3) is 0 Å². The van der Waals surface area contributed by atoms with Crippen LogP contribution in [0.3, 0.4) is 0 Å². The fourth-order valence-corrected chi connectivity index (χ4v) is 1.94. The molecule has 1 amide bonds. The number of hydrogen-bond donors (Lipinski definition) is 2. The number of hydroxylamine groups is 2. The molecule has 0 spiro atoms. The van der Waals surface area contributed by atoms with Gasteiger partial charge in [0.2, 0.25) is 5.91 Å². The third kappa shape index (κ3) is 6.34. The second-order valence-corrected chi connectivity index (χ2v) is 5.46. The van der Waals surface area contributed by atoms with Crippen molar-refractivity contribution >= 4 is 11.9 Å². The zero-order chi connectivity index (χ0) is 15.8. The molecule has 118 valence electrons. The van der Waals surface area contributed by atoms with Gasteiger partial charge in [0.1, 0.15) is 0 Å². The number of carboxylic acids is 1. The van der Waals surface area contributed by atoms with Crippen LogP contribution in [0.5, 0.6) is 0 Å². The van der Waals surface area contributed by atoms with Gasteiger partial charge in [-0.1, -0.05) is 20.3 Å². The van der Waals surface area contributed by atoms with Crippen LogP contribution < -0.4 is 0 Å². The first kappa shape index (κ1) is 18.9. The molecule has 0 aliphatic rings. The van der Waals surface area contributed by atoms with Crippen LogP contribution in [0.1, 0.15) is 52.9 Å². The summed E-state index contributed by atoms with van der Waals surface area (Å²) in [6, 6.07) is 0. The van der Waals surface area contributed by atoms with E-state index in [4.69, 9.17) is 5.11 Å². The molecule has 0 fully saturated rings. The van der Waals surface area contributed by atoms with E-state index >= 15 is 0 Å². The Morgan fingerprint density at radius 3 is 2.25 bits per heavy atom. The number of hydrogen-bond acceptors (Lipinski definition) is 4. The van der Waals surface area contributed by atoms with Gasteiger partial charge in [-0.25, -0.2) is 5.06 Å². The number of aliphatic carboxylic acids is 1. The molecule has 1 unspecified atom stereocenters. The molecule has 0 saturated heterocycles. The van der Waals surface area contributed by atoms with Crippen LogP contribution in [-0.4, -0.2) is 57.8 Å². The number of amides is 1. The first-order valence-corrected chi connectivity index (χ1v) is 7.19. The minimum Gasteiger partial charge on any atom is -0.481 e. The Bertz CT molecular complexity index is 322. The third-order valence-electron chi connectivity index (χ3n) is 3.89. The number of nitrogens with zero attached hydrogens (tertiary/aromatic N) is 2. The predicted molar refractivity (Wildman–Crippen MR) is 76.6 cm³/mol. The Morgan fingerprint density at radius 2 is 1.80 bits per heavy atom. The van der Waals surface area contributed by atoms with E-state index in [0.717, 1.165) is 25.8 Å². The minimum absolute atomic E-state index is 0.174. The molecule has 0 rings (SSSR count). The third-order valence-corrected chi connectivity index (χ3v) is 3.89. The molecule has 0 aliphatic heterocycles. The molecular formula is C14H28N2O4. The zero-order valence-electron chi connectivity index (χ0n) is 13.1. The van der Waals surface area contributed by atoms with Crippen molar-refractivity contribution in [1.29, 1.82) is 0 Å². The predicted octanol–water partition coefficient (Wildman–Crippen LogP) is 1.97. The SMILES string of the molecule is CCCCN(C)C(C)(CC)CC(=O)N(O)CCC(=O)O. The van der Waals surface area contributed by atoms with Gasteiger partial charge in [-0.2, -0.15) is 0 Å². The Hall–Kier alpha value is -1.14. The number of carboxylic acid groups (broad SMARTS) is 1. The van der Waals surface area contributed by atoms with Crippen LogP contribution in [-0.2, 0) is 9.59 Å². The maximum atomic E-state index is 12.0. The summed E-state index contributed by atoms with van der Waals surface area (Å²) in [6.45, 7) is 6.84. The highest BCUT2D eigenvalue weighted by Gasteiger charge is 2.31. The van der Waals surface area contributed by atoms with Gasteiger partial charge >= 0.3 is 5.97 Å². The smallest absolute Gasteiger partial charge is 0.305 e. The summed E-state index contributed by atoms with van der Waals surface area (Å²) in [5, 5.41) is 18.7. The van der Waals surface area contributed by atoms with Crippen LogP contribution in [0, 0.1) is 0 Å². The van der Waals surface area contributed by atoms with Crippen molar-refractivity contribution in [2.75, 3.05) is 20.1 Å². The maximum absolute atomic E-state index is 12.0. The summed E-state index contributed by atoms with van der Waals surface area (Å²) in [5.41, 5.74) is -0.323. The van der Waals surface area contributed by atoms with Gasteiger partial charge in [-0.3, -0.25) is 14.8 Å². The Kier molecular flexibility index (Phi) is 8.41. The van der Waals surface area contributed by atoms with Crippen LogP contribution in [0.4, 0.5) is 0 Å². The molecule has 0 aromatic carbocycles. The van der Waals surface area contributed by atoms with Gasteiger partial charge in [0, 0.05) is 12.0 Å². The van der Waals surface area contributed by atoms with Crippen LogP contribution >= 0.6 is 0 Å². The van der Waals surface area contributed by atoms with E-state index in [-0.39, 0.29) is 24.9 Å². The van der Waals surface area contributed by atoms with Gasteiger partial charge < -0.3 is 10.0 Å². The molecule has 0 aromatic rings. The van der Waals surface area contributed by atoms with E-state index in [0.29, 0.717) is 5.06 Å². The second-order valence-electron chi connectivity index (χ2n) is 5.46. The highest BCUT2D eigenvalue weighted by molar-refractivity contribution is 5.77. The van der Waals surface area contributed by atoms with E-state index in [1.807, 2.05) is 20.9 Å². The normalized spacial score (nSPS) is 14.1. The van der Waals surface area contributed by atoms with Crippen molar-refractivity contribution in [2.24, 2.45) is 0 Å². The number of rotatable bonds is 10. The molecule has 0 aliphatic carbocycles. The van der Waals surface area contributed by atoms with E-state index in [1.54, 1.807) is 0 Å². The summed E-state index contributed by atoms with van der Waals surface area (Å²) in [4.78, 5) is 24.5. The van der Waals surface area contributed by atoms with Crippen molar-refractivity contribution < 1.29 is 19.9 Å². The molecule has 6 heteroatoms. The van der Waals surface area contributed by atoms with Crippen molar-refractivity contribution in [2.45, 2.75) is 58.4 Å². The van der Waals surface area contributed by atoms with Gasteiger partial charge in [0.25, 0.3) is 0 Å². The number of unbranched alkanes of at least 4 members (excludes halogenated alkanes) is 1. The van der Waals surface area contributed by atoms with Gasteiger partial charge in [0.05, 0.1) is 13.0 Å². The van der Waals surface area contributed by atoms with Gasteiger partial charge in [-0.05, 0) is 33.4 Å². The average Bonchev–Trinajstić information content (AvgIpc) is 2.41. The summed E-state index contributed by atoms with van der Waals surface area (Å²) in [5.74, 6) is -1.46. The number of carbonyl (C=O) groups excluding carboxylic acids is 1. The largest absolute Gasteiger partial charge is 0.481 e. The van der Waals surface area contributed by atoms with Crippen LogP contribution in [0.15, 0.2) is 0 Å². The zero-order valence-corrected chi connectivity index (χ0v) is 13.1. The first-order valence-electron chi connectivity index (χ1n) is 7.19. The van der Waals surface area contributed by atoms with E-state index in [9.17, 15) is 14.8 Å². The number of carbonyl (C=O) groups is 2. The lowest BCUT2D eigenvalue weighted by Crippen LogP contribution is -2.47. The molecule has 6 nitrogen and oxygen atoms in total. The first-order chi connectivity index (χ1) is 9.26. The standard InChI is InChI=1S/C14H28N2O4/c1-5-7-9-15(4)14(3,6-2)11-12(17)16(20)10-8-13(18)19/h20H,5-11H2,1-4H3,(H,18,19). The maximum Gasteiger partial charge on any atom is 0.305 e. The molecule has 0 heterocycles. The molecule has 0 bridgehead atoms. The molecule has 0 saturated carbocycles. The van der Waals surface area contributed by atoms with Gasteiger partial charge in [-0.15, -0.1) is 0 Å². The molecule has 20 heavy (non-hydrogen) atoms. The van der Waals surface area contributed by atoms with Crippen molar-refractivity contribution in [1.82, 2.24) is 9.96 Å². The Balaban J connectivity index is 4.52. The van der Waals surface area contributed by atoms with Crippen molar-refractivity contribution in [3.8, 4) is 0 Å². The lowest BCUT2D eigenvalue weighted by molar-refractivity contribution is -0.169. The second kappa shape index (κ2) is 8.92. The fraction of sp³-hybridized carbons (Fsp3) is 0.857. The average molecular weight is 288 g/mol. The van der Waals surface area contributed by atoms with Gasteiger partial charge in [0.15, 0.2) is 0 Å². The molecule has 0 radical (unpaired) electrons. The Labute approximate surface area is 121 Å². The Morgan fingerprint density at radius 1 is 1.20 bits per heavy atom.